The van der Waals surface area contributed by atoms with Gasteiger partial charge in [-0.15, -0.1) is 0 Å². The molecule has 0 saturated carbocycles. The molecule has 1 rings (SSSR count). The fraction of sp³-hybridized carbons (Fsp3) is 0.875. The van der Waals surface area contributed by atoms with Gasteiger partial charge < -0.3 is 15.5 Å². The quantitative estimate of drug-likeness (QED) is 0.588. The molecule has 12 heavy (non-hydrogen) atoms. The van der Waals surface area contributed by atoms with Crippen LogP contribution in [-0.2, 0) is 0 Å². The molecule has 0 radical (unpaired) electrons. The summed E-state index contributed by atoms with van der Waals surface area (Å²) >= 11 is 0. The number of nitrogens with zero attached hydrogens (tertiary/aromatic N) is 1. The maximum Gasteiger partial charge on any atom is 0.317 e. The van der Waals surface area contributed by atoms with Gasteiger partial charge in [0.25, 0.3) is 0 Å². The van der Waals surface area contributed by atoms with Gasteiger partial charge >= 0.3 is 6.03 Å². The molecule has 0 atom stereocenters. The fourth-order valence-corrected chi connectivity index (χ4v) is 1.33. The predicted octanol–water partition coefficient (Wildman–Crippen LogP) is 0.0112. The van der Waals surface area contributed by atoms with Crippen LogP contribution in [0.3, 0.4) is 0 Å². The van der Waals surface area contributed by atoms with Crippen molar-refractivity contribution < 1.29 is 4.79 Å². The molecule has 0 aliphatic carbocycles. The molecule has 0 aromatic heterocycles. The number of rotatable bonds is 3. The number of urea groups is 1. The summed E-state index contributed by atoms with van der Waals surface area (Å²) in [5.41, 5.74) is 0. The Balaban J connectivity index is 2.10. The van der Waals surface area contributed by atoms with Crippen molar-refractivity contribution in [2.75, 3.05) is 33.2 Å². The van der Waals surface area contributed by atoms with Crippen molar-refractivity contribution in [3.05, 3.63) is 0 Å². The topological polar surface area (TPSA) is 44.4 Å². The van der Waals surface area contributed by atoms with Gasteiger partial charge in [0.05, 0.1) is 0 Å². The van der Waals surface area contributed by atoms with E-state index in [0.29, 0.717) is 6.54 Å². The summed E-state index contributed by atoms with van der Waals surface area (Å²) in [6, 6.07) is 0.0859. The Bertz CT molecular complexity index is 143. The van der Waals surface area contributed by atoms with Crippen LogP contribution in [0.15, 0.2) is 0 Å². The second kappa shape index (κ2) is 4.98. The van der Waals surface area contributed by atoms with Gasteiger partial charge in [-0.3, -0.25) is 0 Å². The van der Waals surface area contributed by atoms with E-state index >= 15 is 0 Å². The first-order valence-electron chi connectivity index (χ1n) is 4.52. The maximum absolute atomic E-state index is 11.3. The molecule has 2 amide bonds. The van der Waals surface area contributed by atoms with Crippen LogP contribution in [0.2, 0.25) is 0 Å². The molecule has 2 N–H and O–H groups in total. The SMILES string of the molecule is CNCCNC(=O)N1CCCC1. The van der Waals surface area contributed by atoms with Crippen LogP contribution in [0.1, 0.15) is 12.8 Å². The van der Waals surface area contributed by atoms with Crippen LogP contribution in [-0.4, -0.2) is 44.2 Å². The molecule has 0 bridgehead atoms. The first-order chi connectivity index (χ1) is 5.84. The number of carbonyl (C=O) groups excluding carboxylic acids is 1. The fourth-order valence-electron chi connectivity index (χ4n) is 1.33. The van der Waals surface area contributed by atoms with Crippen molar-refractivity contribution >= 4 is 6.03 Å². The summed E-state index contributed by atoms with van der Waals surface area (Å²) in [6.07, 6.45) is 2.30. The van der Waals surface area contributed by atoms with Crippen LogP contribution in [0.4, 0.5) is 4.79 Å². The zero-order valence-electron chi connectivity index (χ0n) is 7.60. The van der Waals surface area contributed by atoms with E-state index in [1.165, 1.54) is 0 Å². The van der Waals surface area contributed by atoms with E-state index in [9.17, 15) is 4.79 Å². The van der Waals surface area contributed by atoms with Gasteiger partial charge in [-0.2, -0.15) is 0 Å². The highest BCUT2D eigenvalue weighted by Crippen LogP contribution is 2.06. The van der Waals surface area contributed by atoms with E-state index in [-0.39, 0.29) is 6.03 Å². The average molecular weight is 171 g/mol. The van der Waals surface area contributed by atoms with Gasteiger partial charge in [-0.1, -0.05) is 0 Å². The van der Waals surface area contributed by atoms with Gasteiger partial charge in [0.1, 0.15) is 0 Å². The molecule has 70 valence electrons. The molecule has 0 aromatic carbocycles. The molecule has 1 aliphatic rings. The van der Waals surface area contributed by atoms with Crippen LogP contribution in [0.25, 0.3) is 0 Å². The number of hydrogen-bond donors (Lipinski definition) is 2. The van der Waals surface area contributed by atoms with Gasteiger partial charge in [0.2, 0.25) is 0 Å². The highest BCUT2D eigenvalue weighted by Gasteiger charge is 2.16. The summed E-state index contributed by atoms with van der Waals surface area (Å²) in [5, 5.41) is 5.83. The zero-order chi connectivity index (χ0) is 8.81. The van der Waals surface area contributed by atoms with Gasteiger partial charge in [-0.05, 0) is 19.9 Å². The van der Waals surface area contributed by atoms with E-state index in [1.807, 2.05) is 11.9 Å². The molecule has 0 aromatic rings. The molecule has 1 aliphatic heterocycles. The van der Waals surface area contributed by atoms with Crippen LogP contribution >= 0.6 is 0 Å². The highest BCUT2D eigenvalue weighted by atomic mass is 16.2. The third-order valence-corrected chi connectivity index (χ3v) is 2.04. The van der Waals surface area contributed by atoms with Crippen molar-refractivity contribution in [2.45, 2.75) is 12.8 Å². The lowest BCUT2D eigenvalue weighted by atomic mass is 10.4. The molecule has 0 unspecified atom stereocenters. The molecule has 1 heterocycles. The van der Waals surface area contributed by atoms with E-state index < -0.39 is 0 Å². The molecular weight excluding hydrogens is 154 g/mol. The van der Waals surface area contributed by atoms with Gasteiger partial charge in [-0.25, -0.2) is 4.79 Å². The van der Waals surface area contributed by atoms with Crippen molar-refractivity contribution in [3.63, 3.8) is 0 Å². The lowest BCUT2D eigenvalue weighted by Gasteiger charge is -2.15. The molecule has 1 saturated heterocycles. The molecule has 4 nitrogen and oxygen atoms in total. The third kappa shape index (κ3) is 2.70. The van der Waals surface area contributed by atoms with Crippen molar-refractivity contribution in [2.24, 2.45) is 0 Å². The molecule has 0 spiro atoms. The second-order valence-corrected chi connectivity index (χ2v) is 3.03. The highest BCUT2D eigenvalue weighted by molar-refractivity contribution is 5.74. The Morgan fingerprint density at radius 2 is 2.00 bits per heavy atom. The van der Waals surface area contributed by atoms with E-state index in [4.69, 9.17) is 0 Å². The number of likely N-dealkylation sites (tertiary alicyclic amines) is 1. The Morgan fingerprint density at radius 1 is 1.33 bits per heavy atom. The number of amides is 2. The monoisotopic (exact) mass is 171 g/mol. The predicted molar refractivity (Wildman–Crippen MR) is 48.1 cm³/mol. The maximum atomic E-state index is 11.3. The average Bonchev–Trinajstić information content (AvgIpc) is 2.56. The minimum atomic E-state index is 0.0859. The van der Waals surface area contributed by atoms with E-state index in [2.05, 4.69) is 10.6 Å². The summed E-state index contributed by atoms with van der Waals surface area (Å²) < 4.78 is 0. The van der Waals surface area contributed by atoms with E-state index in [0.717, 1.165) is 32.5 Å². The summed E-state index contributed by atoms with van der Waals surface area (Å²) in [6.45, 7) is 3.39. The minimum Gasteiger partial charge on any atom is -0.337 e. The van der Waals surface area contributed by atoms with Crippen molar-refractivity contribution in [3.8, 4) is 0 Å². The summed E-state index contributed by atoms with van der Waals surface area (Å²) in [5.74, 6) is 0. The number of nitrogens with one attached hydrogen (secondary N) is 2. The minimum absolute atomic E-state index is 0.0859. The first-order valence-corrected chi connectivity index (χ1v) is 4.52. The van der Waals surface area contributed by atoms with Gasteiger partial charge in [0.15, 0.2) is 0 Å². The number of carbonyl (C=O) groups is 1. The molecule has 4 heteroatoms. The van der Waals surface area contributed by atoms with Crippen LogP contribution < -0.4 is 10.6 Å². The number of likely N-dealkylation sites (N-methyl/N-ethyl adjacent to an activating group) is 1. The largest absolute Gasteiger partial charge is 0.337 e. The van der Waals surface area contributed by atoms with E-state index in [1.54, 1.807) is 0 Å². The van der Waals surface area contributed by atoms with Crippen LogP contribution in [0, 0.1) is 0 Å². The second-order valence-electron chi connectivity index (χ2n) is 3.03. The summed E-state index contributed by atoms with van der Waals surface area (Å²) in [4.78, 5) is 13.2. The Morgan fingerprint density at radius 3 is 2.58 bits per heavy atom. The third-order valence-electron chi connectivity index (χ3n) is 2.04. The molecular formula is C8H17N3O. The first kappa shape index (κ1) is 9.32. The standard InChI is InChI=1S/C8H17N3O/c1-9-4-5-10-8(12)11-6-2-3-7-11/h9H,2-7H2,1H3,(H,10,12). The smallest absolute Gasteiger partial charge is 0.317 e. The van der Waals surface area contributed by atoms with Crippen molar-refractivity contribution in [1.29, 1.82) is 0 Å². The van der Waals surface area contributed by atoms with Gasteiger partial charge in [0, 0.05) is 26.2 Å². The Labute approximate surface area is 73.3 Å². The Kier molecular flexibility index (Phi) is 3.87. The number of hydrogen-bond acceptors (Lipinski definition) is 2. The van der Waals surface area contributed by atoms with Crippen LogP contribution in [0.5, 0.6) is 0 Å². The zero-order valence-corrected chi connectivity index (χ0v) is 7.60. The Hall–Kier alpha value is -0.770. The lowest BCUT2D eigenvalue weighted by Crippen LogP contribution is -2.40. The lowest BCUT2D eigenvalue weighted by molar-refractivity contribution is 0.209. The normalized spacial score (nSPS) is 16.6. The molecule has 1 fully saturated rings. The van der Waals surface area contributed by atoms with Crippen molar-refractivity contribution in [1.82, 2.24) is 15.5 Å². The summed E-state index contributed by atoms with van der Waals surface area (Å²) in [7, 11) is 1.88.